The van der Waals surface area contributed by atoms with E-state index in [0.717, 1.165) is 24.3 Å². The molecule has 2 fully saturated rings. The molecule has 0 aromatic rings. The fourth-order valence-electron chi connectivity index (χ4n) is 4.40. The fourth-order valence-corrected chi connectivity index (χ4v) is 4.40. The van der Waals surface area contributed by atoms with Gasteiger partial charge in [-0.1, -0.05) is 46.0 Å². The van der Waals surface area contributed by atoms with E-state index in [0.29, 0.717) is 6.04 Å². The maximum absolute atomic E-state index is 6.08. The van der Waals surface area contributed by atoms with Crippen LogP contribution < -0.4 is 5.73 Å². The van der Waals surface area contributed by atoms with Gasteiger partial charge in [-0.15, -0.1) is 0 Å². The number of nitrogens with two attached hydrogens (primary N) is 1. The summed E-state index contributed by atoms with van der Waals surface area (Å²) in [5.41, 5.74) is 6.08. The van der Waals surface area contributed by atoms with Gasteiger partial charge in [0.25, 0.3) is 0 Å². The Hall–Kier alpha value is -0.0800. The SMILES string of the molecule is CCC(CC)C(CN)N1CCC2CCCCC2C1. The molecule has 0 bridgehead atoms. The van der Waals surface area contributed by atoms with Gasteiger partial charge in [0.15, 0.2) is 0 Å². The van der Waals surface area contributed by atoms with E-state index in [9.17, 15) is 0 Å². The molecule has 0 aromatic carbocycles. The van der Waals surface area contributed by atoms with Crippen molar-refractivity contribution >= 4 is 0 Å². The molecule has 2 heteroatoms. The molecule has 1 aliphatic heterocycles. The molecule has 1 saturated heterocycles. The fraction of sp³-hybridized carbons (Fsp3) is 1.00. The van der Waals surface area contributed by atoms with Gasteiger partial charge in [-0.25, -0.2) is 0 Å². The third-order valence-electron chi connectivity index (χ3n) is 5.63. The maximum atomic E-state index is 6.08. The number of likely N-dealkylation sites (tertiary alicyclic amines) is 1. The van der Waals surface area contributed by atoms with Crippen LogP contribution in [0.15, 0.2) is 0 Å². The van der Waals surface area contributed by atoms with Crippen LogP contribution in [-0.4, -0.2) is 30.6 Å². The zero-order valence-corrected chi connectivity index (χ0v) is 12.4. The first kappa shape index (κ1) is 14.3. The third-order valence-corrected chi connectivity index (χ3v) is 5.63. The number of fused-ring (bicyclic) bond motifs is 1. The molecule has 3 unspecified atom stereocenters. The van der Waals surface area contributed by atoms with Crippen molar-refractivity contribution in [3.63, 3.8) is 0 Å². The van der Waals surface area contributed by atoms with E-state index >= 15 is 0 Å². The second-order valence-electron chi connectivity index (χ2n) is 6.47. The zero-order chi connectivity index (χ0) is 13.0. The Balaban J connectivity index is 1.95. The van der Waals surface area contributed by atoms with Gasteiger partial charge in [-0.2, -0.15) is 0 Å². The first-order valence-corrected chi connectivity index (χ1v) is 8.24. The summed E-state index contributed by atoms with van der Waals surface area (Å²) in [6, 6.07) is 0.642. The Morgan fingerprint density at radius 1 is 1.06 bits per heavy atom. The van der Waals surface area contributed by atoms with E-state index in [2.05, 4.69) is 18.7 Å². The highest BCUT2D eigenvalue weighted by Gasteiger charge is 2.34. The van der Waals surface area contributed by atoms with E-state index in [1.165, 1.54) is 58.0 Å². The van der Waals surface area contributed by atoms with E-state index in [4.69, 9.17) is 5.73 Å². The molecule has 1 saturated carbocycles. The van der Waals surface area contributed by atoms with Gasteiger partial charge in [0.05, 0.1) is 0 Å². The molecule has 0 amide bonds. The highest BCUT2D eigenvalue weighted by molar-refractivity contribution is 4.88. The Kier molecular flexibility index (Phi) is 5.50. The summed E-state index contributed by atoms with van der Waals surface area (Å²) in [6.07, 6.45) is 9.91. The molecule has 106 valence electrons. The molecule has 0 spiro atoms. The number of nitrogens with zero attached hydrogens (tertiary/aromatic N) is 1. The minimum Gasteiger partial charge on any atom is -0.329 e. The standard InChI is InChI=1S/C16H32N2/c1-3-13(4-2)16(11-17)18-10-9-14-7-5-6-8-15(14)12-18/h13-16H,3-12,17H2,1-2H3. The predicted molar refractivity (Wildman–Crippen MR) is 78.6 cm³/mol. The average Bonchev–Trinajstić information content (AvgIpc) is 2.44. The molecule has 1 aliphatic carbocycles. The van der Waals surface area contributed by atoms with Crippen LogP contribution >= 0.6 is 0 Å². The highest BCUT2D eigenvalue weighted by atomic mass is 15.2. The van der Waals surface area contributed by atoms with Gasteiger partial charge < -0.3 is 5.73 Å². The normalized spacial score (nSPS) is 31.3. The van der Waals surface area contributed by atoms with Crippen molar-refractivity contribution in [1.29, 1.82) is 0 Å². The van der Waals surface area contributed by atoms with Crippen molar-refractivity contribution in [1.82, 2.24) is 4.90 Å². The molecule has 1 heterocycles. The smallest absolute Gasteiger partial charge is 0.0246 e. The molecule has 2 N–H and O–H groups in total. The summed E-state index contributed by atoms with van der Waals surface area (Å²) < 4.78 is 0. The maximum Gasteiger partial charge on any atom is 0.0246 e. The largest absolute Gasteiger partial charge is 0.329 e. The lowest BCUT2D eigenvalue weighted by atomic mass is 9.74. The van der Waals surface area contributed by atoms with E-state index in [1.54, 1.807) is 0 Å². The Bertz CT molecular complexity index is 237. The van der Waals surface area contributed by atoms with Gasteiger partial charge in [-0.3, -0.25) is 4.90 Å². The third kappa shape index (κ3) is 3.08. The zero-order valence-electron chi connectivity index (χ0n) is 12.4. The number of piperidine rings is 1. The first-order chi connectivity index (χ1) is 8.80. The van der Waals surface area contributed by atoms with Crippen LogP contribution in [0.2, 0.25) is 0 Å². The molecule has 18 heavy (non-hydrogen) atoms. The monoisotopic (exact) mass is 252 g/mol. The summed E-state index contributed by atoms with van der Waals surface area (Å²) in [5, 5.41) is 0. The van der Waals surface area contributed by atoms with Crippen LogP contribution in [0.4, 0.5) is 0 Å². The van der Waals surface area contributed by atoms with E-state index in [1.807, 2.05) is 0 Å². The summed E-state index contributed by atoms with van der Waals surface area (Å²) in [5.74, 6) is 2.82. The molecule has 0 radical (unpaired) electrons. The van der Waals surface area contributed by atoms with Crippen LogP contribution in [-0.2, 0) is 0 Å². The lowest BCUT2D eigenvalue weighted by Crippen LogP contribution is -2.52. The Morgan fingerprint density at radius 2 is 1.72 bits per heavy atom. The summed E-state index contributed by atoms with van der Waals surface area (Å²) in [4.78, 5) is 2.74. The van der Waals surface area contributed by atoms with Crippen molar-refractivity contribution in [2.24, 2.45) is 23.5 Å². The summed E-state index contributed by atoms with van der Waals surface area (Å²) >= 11 is 0. The topological polar surface area (TPSA) is 29.3 Å². The minimum absolute atomic E-state index is 0.642. The number of hydrogen-bond acceptors (Lipinski definition) is 2. The van der Waals surface area contributed by atoms with Crippen molar-refractivity contribution in [2.45, 2.75) is 64.8 Å². The van der Waals surface area contributed by atoms with E-state index in [-0.39, 0.29) is 0 Å². The predicted octanol–water partition coefficient (Wildman–Crippen LogP) is 3.26. The molecular formula is C16H32N2. The van der Waals surface area contributed by atoms with Crippen LogP contribution in [0, 0.1) is 17.8 Å². The number of hydrogen-bond donors (Lipinski definition) is 1. The van der Waals surface area contributed by atoms with Crippen molar-refractivity contribution in [2.75, 3.05) is 19.6 Å². The van der Waals surface area contributed by atoms with Crippen LogP contribution in [0.3, 0.4) is 0 Å². The van der Waals surface area contributed by atoms with Crippen LogP contribution in [0.5, 0.6) is 0 Å². The van der Waals surface area contributed by atoms with Crippen molar-refractivity contribution in [3.05, 3.63) is 0 Å². The van der Waals surface area contributed by atoms with Crippen molar-refractivity contribution < 1.29 is 0 Å². The first-order valence-electron chi connectivity index (χ1n) is 8.24. The molecular weight excluding hydrogens is 220 g/mol. The molecule has 2 rings (SSSR count). The summed E-state index contributed by atoms with van der Waals surface area (Å²) in [7, 11) is 0. The van der Waals surface area contributed by atoms with Gasteiger partial charge in [-0.05, 0) is 37.1 Å². The van der Waals surface area contributed by atoms with Gasteiger partial charge in [0.1, 0.15) is 0 Å². The van der Waals surface area contributed by atoms with E-state index < -0.39 is 0 Å². The van der Waals surface area contributed by atoms with Gasteiger partial charge in [0, 0.05) is 19.1 Å². The second-order valence-corrected chi connectivity index (χ2v) is 6.47. The number of rotatable bonds is 5. The van der Waals surface area contributed by atoms with Crippen LogP contribution in [0.25, 0.3) is 0 Å². The Morgan fingerprint density at radius 3 is 2.33 bits per heavy atom. The Labute approximate surface area is 113 Å². The molecule has 2 nitrogen and oxygen atoms in total. The van der Waals surface area contributed by atoms with Gasteiger partial charge >= 0.3 is 0 Å². The highest BCUT2D eigenvalue weighted by Crippen LogP contribution is 2.37. The van der Waals surface area contributed by atoms with Gasteiger partial charge in [0.2, 0.25) is 0 Å². The molecule has 3 atom stereocenters. The average molecular weight is 252 g/mol. The quantitative estimate of drug-likeness (QED) is 0.814. The lowest BCUT2D eigenvalue weighted by Gasteiger charge is -2.46. The summed E-state index contributed by atoms with van der Waals surface area (Å²) in [6.45, 7) is 8.14. The molecule has 0 aromatic heterocycles. The second kappa shape index (κ2) is 6.91. The van der Waals surface area contributed by atoms with Crippen molar-refractivity contribution in [3.8, 4) is 0 Å². The minimum atomic E-state index is 0.642. The molecule has 2 aliphatic rings. The van der Waals surface area contributed by atoms with Crippen LogP contribution in [0.1, 0.15) is 58.8 Å². The lowest BCUT2D eigenvalue weighted by molar-refractivity contribution is 0.0372.